The molecule has 5 heteroatoms. The van der Waals surface area contributed by atoms with Crippen molar-refractivity contribution in [2.75, 3.05) is 6.61 Å². The average Bonchev–Trinajstić information content (AvgIpc) is 2.58. The van der Waals surface area contributed by atoms with Crippen LogP contribution in [0.4, 0.5) is 0 Å². The molecule has 1 saturated heterocycles. The van der Waals surface area contributed by atoms with Gasteiger partial charge in [-0.25, -0.2) is 4.79 Å². The van der Waals surface area contributed by atoms with Gasteiger partial charge in [0.1, 0.15) is 0 Å². The molecule has 0 amide bonds. The number of esters is 1. The van der Waals surface area contributed by atoms with Crippen LogP contribution in [0.5, 0.6) is 0 Å². The lowest BCUT2D eigenvalue weighted by Gasteiger charge is -2.25. The van der Waals surface area contributed by atoms with E-state index in [9.17, 15) is 4.79 Å². The highest BCUT2D eigenvalue weighted by molar-refractivity contribution is 6.90. The first-order chi connectivity index (χ1) is 9.30. The van der Waals surface area contributed by atoms with E-state index in [0.29, 0.717) is 17.7 Å². The zero-order valence-electron chi connectivity index (χ0n) is 12.8. The zero-order valence-corrected chi connectivity index (χ0v) is 14.8. The normalized spacial score (nSPS) is 23.5. The maximum Gasteiger partial charge on any atom is 0.338 e. The van der Waals surface area contributed by atoms with Gasteiger partial charge in [0.05, 0.1) is 12.2 Å². The van der Waals surface area contributed by atoms with Crippen molar-refractivity contribution in [2.24, 2.45) is 0 Å². The third-order valence-electron chi connectivity index (χ3n) is 3.97. The molecule has 0 aliphatic carbocycles. The van der Waals surface area contributed by atoms with Gasteiger partial charge in [0.15, 0.2) is 16.6 Å². The molecule has 1 aromatic carbocycles. The van der Waals surface area contributed by atoms with E-state index >= 15 is 0 Å². The molecule has 1 unspecified atom stereocenters. The van der Waals surface area contributed by atoms with Gasteiger partial charge < -0.3 is 8.85 Å². The number of hydrogen-bond donors (Lipinski definition) is 0. The summed E-state index contributed by atoms with van der Waals surface area (Å²) in [4.78, 5) is 11.9. The van der Waals surface area contributed by atoms with Crippen molar-refractivity contribution in [1.82, 2.24) is 0 Å². The Morgan fingerprint density at radius 2 is 1.90 bits per heavy atom. The largest absolute Gasteiger partial charge is 0.462 e. The second kappa shape index (κ2) is 5.83. The molecule has 0 N–H and O–H groups in total. The summed E-state index contributed by atoms with van der Waals surface area (Å²) < 4.78 is 11.7. The molecule has 1 atom stereocenters. The Labute approximate surface area is 123 Å². The minimum Gasteiger partial charge on any atom is -0.462 e. The molecule has 20 heavy (non-hydrogen) atoms. The topological polar surface area (TPSA) is 35.5 Å². The molecule has 1 fully saturated rings. The molecule has 110 valence electrons. The maximum atomic E-state index is 11.9. The number of hydrogen-bond acceptors (Lipinski definition) is 3. The van der Waals surface area contributed by atoms with Crippen LogP contribution in [0.15, 0.2) is 30.3 Å². The van der Waals surface area contributed by atoms with Crippen LogP contribution in [0, 0.1) is 0 Å². The Morgan fingerprint density at radius 1 is 1.25 bits per heavy atom. The molecule has 0 radical (unpaired) electrons. The molecule has 1 heterocycles. The Hall–Kier alpha value is -0.916. The van der Waals surface area contributed by atoms with Crippen LogP contribution in [-0.4, -0.2) is 29.2 Å². The highest BCUT2D eigenvalue weighted by Crippen LogP contribution is 2.44. The van der Waals surface area contributed by atoms with Crippen molar-refractivity contribution in [3.63, 3.8) is 0 Å². The Morgan fingerprint density at radius 3 is 2.45 bits per heavy atom. The molecule has 0 saturated carbocycles. The Balaban J connectivity index is 1.83. The summed E-state index contributed by atoms with van der Waals surface area (Å²) in [5, 5.41) is 0. The van der Waals surface area contributed by atoms with Gasteiger partial charge in [-0.3, -0.25) is 0 Å². The van der Waals surface area contributed by atoms with Crippen molar-refractivity contribution in [3.05, 3.63) is 35.9 Å². The fourth-order valence-electron chi connectivity index (χ4n) is 3.08. The van der Waals surface area contributed by atoms with E-state index in [1.54, 1.807) is 12.1 Å². The van der Waals surface area contributed by atoms with E-state index in [2.05, 4.69) is 26.2 Å². The van der Waals surface area contributed by atoms with Crippen LogP contribution in [0.1, 0.15) is 16.8 Å². The third kappa shape index (κ3) is 3.80. The zero-order chi connectivity index (χ0) is 14.8. The van der Waals surface area contributed by atoms with Crippen molar-refractivity contribution < 1.29 is 13.6 Å². The quantitative estimate of drug-likeness (QED) is 0.622. The van der Waals surface area contributed by atoms with Crippen LogP contribution < -0.4 is 0 Å². The molecular weight excluding hydrogens is 284 g/mol. The fraction of sp³-hybridized carbons (Fsp3) is 0.533. The first-order valence-electron chi connectivity index (χ1n) is 7.22. The van der Waals surface area contributed by atoms with Gasteiger partial charge in [-0.15, -0.1) is 0 Å². The number of carbonyl (C=O) groups is 1. The lowest BCUT2D eigenvalue weighted by Crippen LogP contribution is -2.35. The maximum absolute atomic E-state index is 11.9. The minimum atomic E-state index is -1.59. The van der Waals surface area contributed by atoms with Crippen molar-refractivity contribution >= 4 is 22.6 Å². The number of rotatable bonds is 4. The van der Waals surface area contributed by atoms with E-state index in [1.807, 2.05) is 18.2 Å². The SMILES string of the molecule is C[Si]1(C)CC(CCOC(=O)c2ccccc2)[Si](C)(C)O1. The molecular formula is C15H24O3Si2. The van der Waals surface area contributed by atoms with Crippen LogP contribution in [0.2, 0.25) is 37.8 Å². The summed E-state index contributed by atoms with van der Waals surface area (Å²) in [7, 11) is -3.04. The summed E-state index contributed by atoms with van der Waals surface area (Å²) in [6.45, 7) is 9.66. The third-order valence-corrected chi connectivity index (χ3v) is 12.6. The van der Waals surface area contributed by atoms with Crippen LogP contribution in [0.3, 0.4) is 0 Å². The summed E-state index contributed by atoms with van der Waals surface area (Å²) in [5.41, 5.74) is 1.24. The summed E-state index contributed by atoms with van der Waals surface area (Å²) in [5.74, 6) is -0.222. The monoisotopic (exact) mass is 308 g/mol. The van der Waals surface area contributed by atoms with E-state index in [4.69, 9.17) is 8.85 Å². The fourth-order valence-corrected chi connectivity index (χ4v) is 15.4. The standard InChI is InChI=1S/C15H24O3Si2/c1-19(2)12-14(20(3,4)18-19)10-11-17-15(16)13-8-6-5-7-9-13/h5-9,14H,10-12H2,1-4H3. The Bertz CT molecular complexity index is 471. The molecule has 1 aliphatic rings. The predicted octanol–water partition coefficient (Wildman–Crippen LogP) is 4.04. The van der Waals surface area contributed by atoms with Gasteiger partial charge in [0.25, 0.3) is 0 Å². The second-order valence-electron chi connectivity index (χ2n) is 6.66. The number of ether oxygens (including phenoxy) is 1. The van der Waals surface area contributed by atoms with Gasteiger partial charge >= 0.3 is 5.97 Å². The smallest absolute Gasteiger partial charge is 0.338 e. The van der Waals surface area contributed by atoms with Gasteiger partial charge in [-0.2, -0.15) is 0 Å². The summed E-state index contributed by atoms with van der Waals surface area (Å²) in [6, 6.07) is 10.4. The van der Waals surface area contributed by atoms with Crippen molar-refractivity contribution in [1.29, 1.82) is 0 Å². The van der Waals surface area contributed by atoms with Gasteiger partial charge in [0.2, 0.25) is 0 Å². The highest BCUT2D eigenvalue weighted by atomic mass is 28.4. The lowest BCUT2D eigenvalue weighted by atomic mass is 10.2. The molecule has 2 rings (SSSR count). The first kappa shape index (κ1) is 15.5. The summed E-state index contributed by atoms with van der Waals surface area (Å²) in [6.07, 6.45) is 0.939. The molecule has 1 aliphatic heterocycles. The first-order valence-corrected chi connectivity index (χ1v) is 13.3. The highest BCUT2D eigenvalue weighted by Gasteiger charge is 2.48. The number of benzene rings is 1. The second-order valence-corrected chi connectivity index (χ2v) is 15.4. The van der Waals surface area contributed by atoms with Crippen LogP contribution in [-0.2, 0) is 8.85 Å². The van der Waals surface area contributed by atoms with Gasteiger partial charge in [-0.05, 0) is 56.3 Å². The van der Waals surface area contributed by atoms with E-state index in [0.717, 1.165) is 6.42 Å². The Kier molecular flexibility index (Phi) is 4.51. The molecule has 0 spiro atoms. The van der Waals surface area contributed by atoms with E-state index < -0.39 is 16.6 Å². The van der Waals surface area contributed by atoms with Gasteiger partial charge in [-0.1, -0.05) is 18.2 Å². The van der Waals surface area contributed by atoms with Crippen molar-refractivity contribution in [3.8, 4) is 0 Å². The van der Waals surface area contributed by atoms with E-state index in [1.165, 1.54) is 6.04 Å². The molecule has 3 nitrogen and oxygen atoms in total. The van der Waals surface area contributed by atoms with Crippen LogP contribution >= 0.6 is 0 Å². The van der Waals surface area contributed by atoms with Gasteiger partial charge in [0, 0.05) is 0 Å². The van der Waals surface area contributed by atoms with E-state index in [-0.39, 0.29) is 5.97 Å². The average molecular weight is 309 g/mol. The molecule has 0 bridgehead atoms. The molecule has 0 aromatic heterocycles. The lowest BCUT2D eigenvalue weighted by molar-refractivity contribution is 0.0499. The minimum absolute atomic E-state index is 0.222. The van der Waals surface area contributed by atoms with Crippen LogP contribution in [0.25, 0.3) is 0 Å². The summed E-state index contributed by atoms with van der Waals surface area (Å²) >= 11 is 0. The number of carbonyl (C=O) groups excluding carboxylic acids is 1. The molecule has 1 aromatic rings. The van der Waals surface area contributed by atoms with Crippen molar-refractivity contribution in [2.45, 2.75) is 44.2 Å². The predicted molar refractivity (Wildman–Crippen MR) is 85.9 cm³/mol.